The molecule has 0 saturated heterocycles. The topological polar surface area (TPSA) is 28.2 Å². The van der Waals surface area contributed by atoms with Crippen LogP contribution in [-0.2, 0) is 6.42 Å². The van der Waals surface area contributed by atoms with Gasteiger partial charge in [0.05, 0.1) is 11.7 Å². The Kier molecular flexibility index (Phi) is 5.01. The van der Waals surface area contributed by atoms with Gasteiger partial charge in [0, 0.05) is 18.0 Å². The molecule has 0 amide bonds. The van der Waals surface area contributed by atoms with Gasteiger partial charge < -0.3 is 10.2 Å². The molecular weight excluding hydrogens is 242 g/mol. The zero-order valence-corrected chi connectivity index (χ0v) is 12.6. The first-order chi connectivity index (χ1) is 8.80. The molecule has 0 aliphatic heterocycles. The van der Waals surface area contributed by atoms with Crippen LogP contribution < -0.4 is 10.2 Å². The summed E-state index contributed by atoms with van der Waals surface area (Å²) in [5.74, 6) is 0. The molecule has 3 nitrogen and oxygen atoms in total. The first kappa shape index (κ1) is 13.8. The van der Waals surface area contributed by atoms with E-state index in [9.17, 15) is 0 Å². The van der Waals surface area contributed by atoms with Crippen molar-refractivity contribution in [2.45, 2.75) is 52.5 Å². The summed E-state index contributed by atoms with van der Waals surface area (Å²) in [6, 6.07) is 0.490. The van der Waals surface area contributed by atoms with Crippen LogP contribution in [0.4, 0.5) is 5.13 Å². The minimum absolute atomic E-state index is 0.490. The fraction of sp³-hybridized carbons (Fsp3) is 0.786. The van der Waals surface area contributed by atoms with Crippen LogP contribution in [0.3, 0.4) is 0 Å². The molecular formula is C14H25N3S. The number of hydrogen-bond donors (Lipinski definition) is 1. The zero-order chi connectivity index (χ0) is 13.0. The van der Waals surface area contributed by atoms with Gasteiger partial charge in [-0.3, -0.25) is 0 Å². The summed E-state index contributed by atoms with van der Waals surface area (Å²) >= 11 is 1.91. The normalized spacial score (nSPS) is 18.7. The molecule has 0 aromatic carbocycles. The standard InChI is InChI=1S/C14H25N3S/c1-4-10-17(6-3)14-16-13-11(15-5-2)8-7-9-12(13)18-14/h11,15H,4-10H2,1-3H3. The largest absolute Gasteiger partial charge is 0.348 e. The molecule has 1 aromatic heterocycles. The Labute approximate surface area is 115 Å². The van der Waals surface area contributed by atoms with Crippen LogP contribution in [0.2, 0.25) is 0 Å². The number of anilines is 1. The molecule has 1 aromatic rings. The van der Waals surface area contributed by atoms with Gasteiger partial charge in [-0.05, 0) is 39.2 Å². The molecule has 102 valence electrons. The molecule has 0 bridgehead atoms. The van der Waals surface area contributed by atoms with Gasteiger partial charge >= 0.3 is 0 Å². The van der Waals surface area contributed by atoms with E-state index < -0.39 is 0 Å². The second-order valence-corrected chi connectivity index (χ2v) is 5.95. The predicted molar refractivity (Wildman–Crippen MR) is 79.6 cm³/mol. The molecule has 0 radical (unpaired) electrons. The lowest BCUT2D eigenvalue weighted by atomic mass is 9.98. The third-order valence-electron chi connectivity index (χ3n) is 3.54. The summed E-state index contributed by atoms with van der Waals surface area (Å²) in [7, 11) is 0. The van der Waals surface area contributed by atoms with Gasteiger partial charge in [-0.25, -0.2) is 4.98 Å². The van der Waals surface area contributed by atoms with Crippen LogP contribution >= 0.6 is 11.3 Å². The Balaban J connectivity index is 2.20. The number of hydrogen-bond acceptors (Lipinski definition) is 4. The predicted octanol–water partition coefficient (Wildman–Crippen LogP) is 3.37. The number of aromatic nitrogens is 1. The quantitative estimate of drug-likeness (QED) is 0.856. The highest BCUT2D eigenvalue weighted by molar-refractivity contribution is 7.15. The van der Waals surface area contributed by atoms with E-state index in [4.69, 9.17) is 4.98 Å². The van der Waals surface area contributed by atoms with Gasteiger partial charge in [0.15, 0.2) is 5.13 Å². The average molecular weight is 267 g/mol. The molecule has 0 spiro atoms. The molecule has 4 heteroatoms. The molecule has 2 rings (SSSR count). The lowest BCUT2D eigenvalue weighted by Crippen LogP contribution is -2.25. The minimum atomic E-state index is 0.490. The Bertz CT molecular complexity index is 375. The van der Waals surface area contributed by atoms with Crippen molar-refractivity contribution in [2.24, 2.45) is 0 Å². The molecule has 1 heterocycles. The average Bonchev–Trinajstić information content (AvgIpc) is 2.81. The van der Waals surface area contributed by atoms with Crippen LogP contribution in [0, 0.1) is 0 Å². The Morgan fingerprint density at radius 1 is 1.39 bits per heavy atom. The van der Waals surface area contributed by atoms with Crippen LogP contribution in [0.5, 0.6) is 0 Å². The number of nitrogens with zero attached hydrogens (tertiary/aromatic N) is 2. The van der Waals surface area contributed by atoms with Gasteiger partial charge in [0.1, 0.15) is 0 Å². The lowest BCUT2D eigenvalue weighted by Gasteiger charge is -2.21. The Morgan fingerprint density at radius 2 is 2.22 bits per heavy atom. The maximum absolute atomic E-state index is 4.92. The lowest BCUT2D eigenvalue weighted by molar-refractivity contribution is 0.465. The maximum atomic E-state index is 4.92. The van der Waals surface area contributed by atoms with Crippen molar-refractivity contribution < 1.29 is 0 Å². The van der Waals surface area contributed by atoms with Crippen LogP contribution in [0.15, 0.2) is 0 Å². The second-order valence-electron chi connectivity index (χ2n) is 4.89. The SMILES string of the molecule is CCCN(CC)c1nc2c(s1)CCCC2NCC. The van der Waals surface area contributed by atoms with Crippen molar-refractivity contribution in [1.29, 1.82) is 0 Å². The van der Waals surface area contributed by atoms with E-state index in [1.807, 2.05) is 11.3 Å². The van der Waals surface area contributed by atoms with Crippen molar-refractivity contribution >= 4 is 16.5 Å². The number of nitrogens with one attached hydrogen (secondary N) is 1. The summed E-state index contributed by atoms with van der Waals surface area (Å²) in [6.07, 6.45) is 4.95. The Morgan fingerprint density at radius 3 is 2.89 bits per heavy atom. The summed E-state index contributed by atoms with van der Waals surface area (Å²) in [4.78, 5) is 8.84. The van der Waals surface area contributed by atoms with Gasteiger partial charge in [0.25, 0.3) is 0 Å². The van der Waals surface area contributed by atoms with E-state index in [0.717, 1.165) is 19.6 Å². The van der Waals surface area contributed by atoms with Crippen molar-refractivity contribution in [3.05, 3.63) is 10.6 Å². The van der Waals surface area contributed by atoms with Gasteiger partial charge in [-0.1, -0.05) is 13.8 Å². The fourth-order valence-electron chi connectivity index (χ4n) is 2.64. The van der Waals surface area contributed by atoms with Crippen LogP contribution in [0.1, 0.15) is 56.6 Å². The van der Waals surface area contributed by atoms with Crippen molar-refractivity contribution in [3.8, 4) is 0 Å². The summed E-state index contributed by atoms with van der Waals surface area (Å²) in [6.45, 7) is 9.84. The third-order valence-corrected chi connectivity index (χ3v) is 4.73. The summed E-state index contributed by atoms with van der Waals surface area (Å²) in [5.41, 5.74) is 1.33. The molecule has 18 heavy (non-hydrogen) atoms. The third kappa shape index (κ3) is 2.86. The summed E-state index contributed by atoms with van der Waals surface area (Å²) in [5, 5.41) is 4.80. The number of thiazole rings is 1. The van der Waals surface area contributed by atoms with Gasteiger partial charge in [-0.2, -0.15) is 0 Å². The number of aryl methyl sites for hydroxylation is 1. The molecule has 1 atom stereocenters. The van der Waals surface area contributed by atoms with Gasteiger partial charge in [-0.15, -0.1) is 11.3 Å². The van der Waals surface area contributed by atoms with E-state index in [-0.39, 0.29) is 0 Å². The molecule has 1 N–H and O–H groups in total. The van der Waals surface area contributed by atoms with E-state index in [1.165, 1.54) is 41.4 Å². The van der Waals surface area contributed by atoms with E-state index in [2.05, 4.69) is 31.0 Å². The van der Waals surface area contributed by atoms with Crippen LogP contribution in [-0.4, -0.2) is 24.6 Å². The number of rotatable bonds is 6. The zero-order valence-electron chi connectivity index (χ0n) is 11.8. The smallest absolute Gasteiger partial charge is 0.185 e. The molecule has 1 aliphatic rings. The summed E-state index contributed by atoms with van der Waals surface area (Å²) < 4.78 is 0. The number of fused-ring (bicyclic) bond motifs is 1. The molecule has 1 aliphatic carbocycles. The molecule has 1 unspecified atom stereocenters. The first-order valence-corrected chi connectivity index (χ1v) is 8.09. The maximum Gasteiger partial charge on any atom is 0.185 e. The highest BCUT2D eigenvalue weighted by Crippen LogP contribution is 2.36. The molecule has 0 fully saturated rings. The van der Waals surface area contributed by atoms with E-state index in [0.29, 0.717) is 6.04 Å². The molecule has 0 saturated carbocycles. The highest BCUT2D eigenvalue weighted by atomic mass is 32.1. The Hall–Kier alpha value is -0.610. The fourth-order valence-corrected chi connectivity index (χ4v) is 3.90. The van der Waals surface area contributed by atoms with E-state index in [1.54, 1.807) is 0 Å². The van der Waals surface area contributed by atoms with Crippen molar-refractivity contribution in [1.82, 2.24) is 10.3 Å². The first-order valence-electron chi connectivity index (χ1n) is 7.28. The highest BCUT2D eigenvalue weighted by Gasteiger charge is 2.25. The van der Waals surface area contributed by atoms with Crippen molar-refractivity contribution in [2.75, 3.05) is 24.5 Å². The second kappa shape index (κ2) is 6.53. The van der Waals surface area contributed by atoms with Gasteiger partial charge in [0.2, 0.25) is 0 Å². The van der Waals surface area contributed by atoms with Crippen LogP contribution in [0.25, 0.3) is 0 Å². The minimum Gasteiger partial charge on any atom is -0.348 e. The van der Waals surface area contributed by atoms with E-state index >= 15 is 0 Å². The monoisotopic (exact) mass is 267 g/mol. The van der Waals surface area contributed by atoms with Crippen molar-refractivity contribution in [3.63, 3.8) is 0 Å².